The number of Topliss-reactive ketones (excluding diaryl/α,β-unsaturated/α-hetero) is 1. The summed E-state index contributed by atoms with van der Waals surface area (Å²) in [6, 6.07) is 10.7. The Balaban J connectivity index is 1.60. The van der Waals surface area contributed by atoms with E-state index in [-0.39, 0.29) is 24.0 Å². The number of benzene rings is 1. The van der Waals surface area contributed by atoms with E-state index in [2.05, 4.69) is 15.3 Å². The highest BCUT2D eigenvalue weighted by molar-refractivity contribution is 7.07. The molecule has 0 saturated heterocycles. The molecule has 0 saturated carbocycles. The Labute approximate surface area is 160 Å². The minimum Gasteiger partial charge on any atom is -0.324 e. The normalized spacial score (nSPS) is 11.8. The fourth-order valence-corrected chi connectivity index (χ4v) is 3.04. The smallest absolute Gasteiger partial charge is 0.231 e. The lowest BCUT2D eigenvalue weighted by molar-refractivity contribution is -0.117. The number of rotatable bonds is 6. The molecule has 7 heteroatoms. The van der Waals surface area contributed by atoms with Crippen LogP contribution in [0.4, 0.5) is 5.69 Å². The van der Waals surface area contributed by atoms with Gasteiger partial charge in [0, 0.05) is 16.1 Å². The summed E-state index contributed by atoms with van der Waals surface area (Å²) in [4.78, 5) is 32.7. The van der Waals surface area contributed by atoms with E-state index in [0.29, 0.717) is 22.1 Å². The van der Waals surface area contributed by atoms with Crippen molar-refractivity contribution in [2.75, 3.05) is 5.32 Å². The second kappa shape index (κ2) is 8.21. The number of thiazole rings is 1. The van der Waals surface area contributed by atoms with Crippen LogP contribution < -0.4 is 5.32 Å². The topological polar surface area (TPSA) is 72.0 Å². The Kier molecular flexibility index (Phi) is 5.75. The first-order valence-corrected chi connectivity index (χ1v) is 9.27. The molecule has 0 aliphatic rings. The first-order chi connectivity index (χ1) is 12.5. The molecule has 0 aliphatic heterocycles. The van der Waals surface area contributed by atoms with Gasteiger partial charge in [-0.05, 0) is 36.8 Å². The van der Waals surface area contributed by atoms with E-state index in [0.717, 1.165) is 5.56 Å². The van der Waals surface area contributed by atoms with Crippen LogP contribution in [0.15, 0.2) is 53.5 Å². The van der Waals surface area contributed by atoms with E-state index in [1.807, 2.05) is 19.1 Å². The first-order valence-electron chi connectivity index (χ1n) is 7.95. The maximum absolute atomic E-state index is 12.4. The fourth-order valence-electron chi connectivity index (χ4n) is 2.36. The lowest BCUT2D eigenvalue weighted by Gasteiger charge is -2.12. The summed E-state index contributed by atoms with van der Waals surface area (Å²) in [7, 11) is 0. The van der Waals surface area contributed by atoms with Crippen LogP contribution in [0.1, 0.15) is 34.6 Å². The molecule has 132 valence electrons. The average Bonchev–Trinajstić information content (AvgIpc) is 3.18. The Bertz CT molecular complexity index is 894. The van der Waals surface area contributed by atoms with Crippen LogP contribution in [0.2, 0.25) is 5.02 Å². The number of pyridine rings is 1. The number of ketones is 1. The van der Waals surface area contributed by atoms with Gasteiger partial charge in [-0.1, -0.05) is 23.7 Å². The van der Waals surface area contributed by atoms with E-state index < -0.39 is 0 Å². The van der Waals surface area contributed by atoms with Gasteiger partial charge in [0.1, 0.15) is 5.69 Å². The number of carbonyl (C=O) groups is 2. The molecule has 1 unspecified atom stereocenters. The molecule has 2 aromatic heterocycles. The highest BCUT2D eigenvalue weighted by Crippen LogP contribution is 2.20. The number of carbonyl (C=O) groups excluding carboxylic acids is 2. The van der Waals surface area contributed by atoms with Crippen LogP contribution in [0.3, 0.4) is 0 Å². The summed E-state index contributed by atoms with van der Waals surface area (Å²) in [5.41, 5.74) is 4.17. The van der Waals surface area contributed by atoms with Crippen molar-refractivity contribution in [1.29, 1.82) is 0 Å². The Hall–Kier alpha value is -2.57. The van der Waals surface area contributed by atoms with Crippen molar-refractivity contribution in [3.63, 3.8) is 0 Å². The van der Waals surface area contributed by atoms with E-state index in [9.17, 15) is 9.59 Å². The number of aromatic nitrogens is 2. The van der Waals surface area contributed by atoms with Gasteiger partial charge in [0.05, 0.1) is 29.7 Å². The third kappa shape index (κ3) is 4.53. The molecule has 26 heavy (non-hydrogen) atoms. The summed E-state index contributed by atoms with van der Waals surface area (Å²) >= 11 is 7.26. The molecule has 5 nitrogen and oxygen atoms in total. The predicted octanol–water partition coefficient (Wildman–Crippen LogP) is 4.36. The van der Waals surface area contributed by atoms with E-state index in [4.69, 9.17) is 11.6 Å². The number of amides is 1. The van der Waals surface area contributed by atoms with E-state index >= 15 is 0 Å². The van der Waals surface area contributed by atoms with Crippen LogP contribution >= 0.6 is 22.9 Å². The second-order valence-electron chi connectivity index (χ2n) is 5.77. The fraction of sp³-hybridized carbons (Fsp3) is 0.158. The van der Waals surface area contributed by atoms with Crippen molar-refractivity contribution in [1.82, 2.24) is 9.97 Å². The average molecular weight is 386 g/mol. The minimum absolute atomic E-state index is 0.0769. The first kappa shape index (κ1) is 18.2. The SMILES string of the molecule is CC(C(=O)Nc1ccc(CC(=O)c2cscn2)nc1)c1ccc(Cl)cc1. The zero-order valence-electron chi connectivity index (χ0n) is 14.0. The number of anilines is 1. The zero-order valence-corrected chi connectivity index (χ0v) is 15.6. The summed E-state index contributed by atoms with van der Waals surface area (Å²) in [6.45, 7) is 1.83. The van der Waals surface area contributed by atoms with Crippen molar-refractivity contribution >= 4 is 40.3 Å². The summed E-state index contributed by atoms with van der Waals surface area (Å²) in [5.74, 6) is -0.537. The third-order valence-corrected chi connectivity index (χ3v) is 4.75. The molecule has 0 aliphatic carbocycles. The van der Waals surface area contributed by atoms with Crippen LogP contribution in [0.25, 0.3) is 0 Å². The molecule has 1 amide bonds. The molecule has 2 heterocycles. The second-order valence-corrected chi connectivity index (χ2v) is 6.93. The van der Waals surface area contributed by atoms with Crippen molar-refractivity contribution in [3.05, 3.63) is 75.5 Å². The summed E-state index contributed by atoms with van der Waals surface area (Å²) < 4.78 is 0. The van der Waals surface area contributed by atoms with Gasteiger partial charge in [0.25, 0.3) is 0 Å². The van der Waals surface area contributed by atoms with Gasteiger partial charge in [0.15, 0.2) is 5.78 Å². The number of hydrogen-bond acceptors (Lipinski definition) is 5. The highest BCUT2D eigenvalue weighted by atomic mass is 35.5. The predicted molar refractivity (Wildman–Crippen MR) is 103 cm³/mol. The van der Waals surface area contributed by atoms with Gasteiger partial charge in [-0.2, -0.15) is 0 Å². The Morgan fingerprint density at radius 3 is 2.54 bits per heavy atom. The Morgan fingerprint density at radius 2 is 1.92 bits per heavy atom. The van der Waals surface area contributed by atoms with E-state index in [1.165, 1.54) is 11.3 Å². The molecular formula is C19H16ClN3O2S. The molecule has 0 fully saturated rings. The molecule has 0 bridgehead atoms. The molecule has 1 atom stereocenters. The van der Waals surface area contributed by atoms with Crippen LogP contribution in [-0.4, -0.2) is 21.7 Å². The Morgan fingerprint density at radius 1 is 1.15 bits per heavy atom. The van der Waals surface area contributed by atoms with Gasteiger partial charge >= 0.3 is 0 Å². The third-order valence-electron chi connectivity index (χ3n) is 3.92. The van der Waals surface area contributed by atoms with Crippen molar-refractivity contribution in [3.8, 4) is 0 Å². The lowest BCUT2D eigenvalue weighted by atomic mass is 10.0. The number of hydrogen-bond donors (Lipinski definition) is 1. The molecule has 3 rings (SSSR count). The molecular weight excluding hydrogens is 370 g/mol. The minimum atomic E-state index is -0.321. The van der Waals surface area contributed by atoms with Crippen LogP contribution in [0, 0.1) is 0 Å². The van der Waals surface area contributed by atoms with Gasteiger partial charge in [-0.3, -0.25) is 14.6 Å². The van der Waals surface area contributed by atoms with Gasteiger partial charge in [-0.15, -0.1) is 11.3 Å². The van der Waals surface area contributed by atoms with Gasteiger partial charge in [-0.25, -0.2) is 4.98 Å². The van der Waals surface area contributed by atoms with Gasteiger partial charge < -0.3 is 5.32 Å². The summed E-state index contributed by atoms with van der Waals surface area (Å²) in [5, 5.41) is 5.18. The van der Waals surface area contributed by atoms with Crippen molar-refractivity contribution < 1.29 is 9.59 Å². The number of nitrogens with zero attached hydrogens (tertiary/aromatic N) is 2. The molecule has 0 spiro atoms. The number of nitrogens with one attached hydrogen (secondary N) is 1. The van der Waals surface area contributed by atoms with Crippen LogP contribution in [0.5, 0.6) is 0 Å². The monoisotopic (exact) mass is 385 g/mol. The maximum atomic E-state index is 12.4. The quantitative estimate of drug-likeness (QED) is 0.640. The van der Waals surface area contributed by atoms with Crippen molar-refractivity contribution in [2.24, 2.45) is 0 Å². The van der Waals surface area contributed by atoms with Crippen LogP contribution in [-0.2, 0) is 11.2 Å². The lowest BCUT2D eigenvalue weighted by Crippen LogP contribution is -2.19. The largest absolute Gasteiger partial charge is 0.324 e. The summed E-state index contributed by atoms with van der Waals surface area (Å²) in [6.07, 6.45) is 1.73. The molecule has 0 radical (unpaired) electrons. The zero-order chi connectivity index (χ0) is 18.5. The molecule has 3 aromatic rings. The molecule has 1 aromatic carbocycles. The standard InChI is InChI=1S/C19H16ClN3O2S/c1-12(13-2-4-14(20)5-3-13)19(25)23-16-7-6-15(21-9-16)8-18(24)17-10-26-11-22-17/h2-7,9-12H,8H2,1H3,(H,23,25). The number of halogens is 1. The van der Waals surface area contributed by atoms with Gasteiger partial charge in [0.2, 0.25) is 5.91 Å². The molecule has 1 N–H and O–H groups in total. The maximum Gasteiger partial charge on any atom is 0.231 e. The van der Waals surface area contributed by atoms with Crippen molar-refractivity contribution in [2.45, 2.75) is 19.3 Å². The highest BCUT2D eigenvalue weighted by Gasteiger charge is 2.16. The van der Waals surface area contributed by atoms with E-state index in [1.54, 1.807) is 41.4 Å².